The van der Waals surface area contributed by atoms with Crippen LogP contribution in [-0.2, 0) is 0 Å². The van der Waals surface area contributed by atoms with E-state index in [-0.39, 0.29) is 11.3 Å². The van der Waals surface area contributed by atoms with E-state index in [1.165, 1.54) is 5.57 Å². The lowest BCUT2D eigenvalue weighted by atomic mass is 9.77. The predicted molar refractivity (Wildman–Crippen MR) is 108 cm³/mol. The molecule has 0 spiro atoms. The second kappa shape index (κ2) is 7.56. The molecule has 0 saturated carbocycles. The van der Waals surface area contributed by atoms with E-state index in [1.807, 2.05) is 48.5 Å². The molecule has 4 heteroatoms. The number of nitrogens with zero attached hydrogens (tertiary/aromatic N) is 1. The van der Waals surface area contributed by atoms with Crippen molar-refractivity contribution < 1.29 is 4.79 Å². The summed E-state index contributed by atoms with van der Waals surface area (Å²) in [6.45, 7) is 6.55. The Kier molecular flexibility index (Phi) is 5.21. The summed E-state index contributed by atoms with van der Waals surface area (Å²) in [7, 11) is 0. The molecule has 0 unspecified atom stereocenters. The van der Waals surface area contributed by atoms with E-state index >= 15 is 0 Å². The molecule has 0 aliphatic heterocycles. The summed E-state index contributed by atoms with van der Waals surface area (Å²) in [5, 5.41) is 7.66. The summed E-state index contributed by atoms with van der Waals surface area (Å²) in [6.07, 6.45) is 3.98. The third-order valence-corrected chi connectivity index (χ3v) is 4.36. The van der Waals surface area contributed by atoms with E-state index in [0.29, 0.717) is 5.56 Å². The zero-order valence-electron chi connectivity index (χ0n) is 15.5. The lowest BCUT2D eigenvalue weighted by Gasteiger charge is -2.29. The smallest absolute Gasteiger partial charge is 0.273 e. The number of para-hydroxylation sites is 2. The number of hydrogen-bond acceptors (Lipinski definition) is 3. The minimum Gasteiger partial charge on any atom is -0.355 e. The molecule has 2 aromatic carbocycles. The van der Waals surface area contributed by atoms with Gasteiger partial charge < -0.3 is 5.32 Å². The minimum absolute atomic E-state index is 0.176. The number of nitrogens with one attached hydrogen (secondary N) is 2. The Morgan fingerprint density at radius 3 is 2.42 bits per heavy atom. The molecule has 0 bridgehead atoms. The number of anilines is 2. The zero-order chi connectivity index (χ0) is 18.6. The number of amides is 1. The van der Waals surface area contributed by atoms with Gasteiger partial charge in [-0.3, -0.25) is 4.79 Å². The fourth-order valence-corrected chi connectivity index (χ4v) is 3.42. The van der Waals surface area contributed by atoms with E-state index in [0.717, 1.165) is 29.9 Å². The van der Waals surface area contributed by atoms with Gasteiger partial charge in [0.25, 0.3) is 5.91 Å². The first-order chi connectivity index (χ1) is 12.4. The van der Waals surface area contributed by atoms with Crippen molar-refractivity contribution in [3.8, 4) is 0 Å². The van der Waals surface area contributed by atoms with Gasteiger partial charge in [0.05, 0.1) is 17.0 Å². The standard InChI is InChI=1S/C22H25N3O/c1-16-13-18(15-22(2,3)14-16)24-25-21(26)19-11-7-8-12-20(19)23-17-9-5-4-6-10-17/h4-13,23H,14-15H2,1-3H3,(H,25,26). The Hall–Kier alpha value is -2.88. The Bertz CT molecular complexity index is 851. The largest absolute Gasteiger partial charge is 0.355 e. The fourth-order valence-electron chi connectivity index (χ4n) is 3.42. The van der Waals surface area contributed by atoms with Crippen LogP contribution in [0.15, 0.2) is 71.3 Å². The molecular weight excluding hydrogens is 322 g/mol. The molecule has 0 fully saturated rings. The molecular formula is C22H25N3O. The number of allylic oxidation sites excluding steroid dienone is 2. The van der Waals surface area contributed by atoms with Gasteiger partial charge in [0.1, 0.15) is 0 Å². The number of rotatable bonds is 4. The van der Waals surface area contributed by atoms with Gasteiger partial charge in [-0.15, -0.1) is 0 Å². The molecule has 0 heterocycles. The maximum absolute atomic E-state index is 12.7. The average molecular weight is 347 g/mol. The fraction of sp³-hybridized carbons (Fsp3) is 0.273. The third-order valence-electron chi connectivity index (χ3n) is 4.36. The SMILES string of the molecule is CC1=CC(=NNC(=O)c2ccccc2Nc2ccccc2)CC(C)(C)C1. The highest BCUT2D eigenvalue weighted by atomic mass is 16.2. The van der Waals surface area contributed by atoms with E-state index in [4.69, 9.17) is 0 Å². The third kappa shape index (κ3) is 4.60. The van der Waals surface area contributed by atoms with Crippen molar-refractivity contribution >= 4 is 23.0 Å². The van der Waals surface area contributed by atoms with E-state index < -0.39 is 0 Å². The number of carbonyl (C=O) groups excluding carboxylic acids is 1. The van der Waals surface area contributed by atoms with E-state index in [1.54, 1.807) is 6.07 Å². The van der Waals surface area contributed by atoms with Crippen LogP contribution >= 0.6 is 0 Å². The molecule has 134 valence electrons. The highest BCUT2D eigenvalue weighted by molar-refractivity contribution is 6.02. The Morgan fingerprint density at radius 1 is 1.00 bits per heavy atom. The van der Waals surface area contributed by atoms with Crippen LogP contribution < -0.4 is 10.7 Å². The maximum Gasteiger partial charge on any atom is 0.273 e. The van der Waals surface area contributed by atoms with Crippen LogP contribution in [0.25, 0.3) is 0 Å². The van der Waals surface area contributed by atoms with Crippen molar-refractivity contribution in [2.24, 2.45) is 10.5 Å². The molecule has 26 heavy (non-hydrogen) atoms. The molecule has 2 N–H and O–H groups in total. The minimum atomic E-state index is -0.217. The first-order valence-electron chi connectivity index (χ1n) is 8.88. The van der Waals surface area contributed by atoms with Crippen molar-refractivity contribution in [2.75, 3.05) is 5.32 Å². The lowest BCUT2D eigenvalue weighted by molar-refractivity contribution is 0.0955. The highest BCUT2D eigenvalue weighted by Crippen LogP contribution is 2.33. The monoisotopic (exact) mass is 347 g/mol. The normalized spacial score (nSPS) is 17.5. The summed E-state index contributed by atoms with van der Waals surface area (Å²) in [6, 6.07) is 17.2. The number of benzene rings is 2. The van der Waals surface area contributed by atoms with Gasteiger partial charge >= 0.3 is 0 Å². The lowest BCUT2D eigenvalue weighted by Crippen LogP contribution is -2.25. The van der Waals surface area contributed by atoms with Gasteiger partial charge in [-0.2, -0.15) is 5.10 Å². The maximum atomic E-state index is 12.7. The van der Waals surface area contributed by atoms with Crippen molar-refractivity contribution in [1.29, 1.82) is 0 Å². The van der Waals surface area contributed by atoms with Crippen LogP contribution in [0, 0.1) is 5.41 Å². The second-order valence-corrected chi connectivity index (χ2v) is 7.59. The Labute approximate surface area is 155 Å². The number of hydrogen-bond donors (Lipinski definition) is 2. The molecule has 3 rings (SSSR count). The van der Waals surface area contributed by atoms with Gasteiger partial charge in [0.2, 0.25) is 0 Å². The zero-order valence-corrected chi connectivity index (χ0v) is 15.5. The summed E-state index contributed by atoms with van der Waals surface area (Å²) >= 11 is 0. The van der Waals surface area contributed by atoms with Crippen LogP contribution in [0.2, 0.25) is 0 Å². The van der Waals surface area contributed by atoms with Crippen LogP contribution in [0.1, 0.15) is 44.0 Å². The van der Waals surface area contributed by atoms with Crippen LogP contribution in [-0.4, -0.2) is 11.6 Å². The van der Waals surface area contributed by atoms with Gasteiger partial charge in [0, 0.05) is 5.69 Å². The molecule has 0 aromatic heterocycles. The predicted octanol–water partition coefficient (Wildman–Crippen LogP) is 5.28. The Balaban J connectivity index is 1.76. The molecule has 4 nitrogen and oxygen atoms in total. The second-order valence-electron chi connectivity index (χ2n) is 7.59. The average Bonchev–Trinajstić information content (AvgIpc) is 2.59. The Morgan fingerprint density at radius 2 is 1.69 bits per heavy atom. The number of hydrazone groups is 1. The van der Waals surface area contributed by atoms with E-state index in [2.05, 4.69) is 42.7 Å². The first kappa shape index (κ1) is 17.9. The summed E-state index contributed by atoms with van der Waals surface area (Å²) in [4.78, 5) is 12.7. The summed E-state index contributed by atoms with van der Waals surface area (Å²) in [5.74, 6) is -0.217. The quantitative estimate of drug-likeness (QED) is 0.739. The highest BCUT2D eigenvalue weighted by Gasteiger charge is 2.24. The van der Waals surface area contributed by atoms with E-state index in [9.17, 15) is 4.79 Å². The van der Waals surface area contributed by atoms with Crippen LogP contribution in [0.4, 0.5) is 11.4 Å². The summed E-state index contributed by atoms with van der Waals surface area (Å²) in [5.41, 5.74) is 7.36. The molecule has 2 aromatic rings. The summed E-state index contributed by atoms with van der Waals surface area (Å²) < 4.78 is 0. The molecule has 1 amide bonds. The molecule has 1 aliphatic carbocycles. The van der Waals surface area contributed by atoms with Gasteiger partial charge in [0.15, 0.2) is 0 Å². The topological polar surface area (TPSA) is 53.5 Å². The number of carbonyl (C=O) groups is 1. The molecule has 0 saturated heterocycles. The van der Waals surface area contributed by atoms with Crippen molar-refractivity contribution in [2.45, 2.75) is 33.6 Å². The molecule has 0 radical (unpaired) electrons. The van der Waals surface area contributed by atoms with Crippen LogP contribution in [0.5, 0.6) is 0 Å². The first-order valence-corrected chi connectivity index (χ1v) is 8.88. The van der Waals surface area contributed by atoms with Crippen molar-refractivity contribution in [3.05, 3.63) is 71.8 Å². The molecule has 1 aliphatic rings. The van der Waals surface area contributed by atoms with Crippen molar-refractivity contribution in [3.63, 3.8) is 0 Å². The van der Waals surface area contributed by atoms with Gasteiger partial charge in [-0.1, -0.05) is 49.8 Å². The van der Waals surface area contributed by atoms with Gasteiger partial charge in [-0.05, 0) is 55.5 Å². The van der Waals surface area contributed by atoms with Gasteiger partial charge in [-0.25, -0.2) is 5.43 Å². The molecule has 0 atom stereocenters. The van der Waals surface area contributed by atoms with Crippen LogP contribution in [0.3, 0.4) is 0 Å². The van der Waals surface area contributed by atoms with Crippen molar-refractivity contribution in [1.82, 2.24) is 5.43 Å².